The summed E-state index contributed by atoms with van der Waals surface area (Å²) in [5.41, 5.74) is 0. The normalized spacial score (nSPS) is 15.5. The molecule has 6 nitrogen and oxygen atoms in total. The quantitative estimate of drug-likeness (QED) is 0.215. The second-order valence-electron chi connectivity index (χ2n) is 6.29. The molecule has 3 atom stereocenters. The third kappa shape index (κ3) is 13.5. The zero-order valence-corrected chi connectivity index (χ0v) is 14.5. The van der Waals surface area contributed by atoms with Gasteiger partial charge in [0.25, 0.3) is 0 Å². The first kappa shape index (κ1) is 23.1. The third-order valence-electron chi connectivity index (χ3n) is 4.09. The van der Waals surface area contributed by atoms with E-state index in [2.05, 4.69) is 0 Å². The number of carbonyl (C=O) groups is 1. The summed E-state index contributed by atoms with van der Waals surface area (Å²) in [6.45, 7) is 0.285. The van der Waals surface area contributed by atoms with Crippen molar-refractivity contribution in [1.82, 2.24) is 0 Å². The van der Waals surface area contributed by atoms with Crippen molar-refractivity contribution in [3.8, 4) is 0 Å². The SMILES string of the molecule is O=C(O)C=CC(O)C(O)C(O)CCCCCCCCCCCCO. The lowest BCUT2D eigenvalue weighted by Gasteiger charge is -2.20. The average molecular weight is 346 g/mol. The van der Waals surface area contributed by atoms with Crippen molar-refractivity contribution in [1.29, 1.82) is 0 Å². The predicted molar refractivity (Wildman–Crippen MR) is 92.7 cm³/mol. The summed E-state index contributed by atoms with van der Waals surface area (Å²) in [7, 11) is 0. The molecule has 0 amide bonds. The van der Waals surface area contributed by atoms with Crippen LogP contribution in [0.25, 0.3) is 0 Å². The number of hydrogen-bond acceptors (Lipinski definition) is 5. The standard InChI is InChI=1S/C18H34O6/c19-14-10-8-6-4-2-1-3-5-7-9-11-15(20)18(24)16(21)12-13-17(22)23/h12-13,15-16,18-21,24H,1-11,14H2,(H,22,23). The molecule has 5 N–H and O–H groups in total. The Labute approximate surface area is 144 Å². The summed E-state index contributed by atoms with van der Waals surface area (Å²) in [6.07, 6.45) is 9.11. The van der Waals surface area contributed by atoms with Crippen LogP contribution in [-0.2, 0) is 4.79 Å². The Hall–Kier alpha value is -0.950. The van der Waals surface area contributed by atoms with Gasteiger partial charge in [-0.25, -0.2) is 4.79 Å². The number of aliphatic hydroxyl groups is 4. The van der Waals surface area contributed by atoms with Gasteiger partial charge in [0.2, 0.25) is 0 Å². The van der Waals surface area contributed by atoms with Crippen LogP contribution in [0.1, 0.15) is 70.6 Å². The summed E-state index contributed by atoms with van der Waals surface area (Å²) < 4.78 is 0. The van der Waals surface area contributed by atoms with Crippen molar-refractivity contribution in [2.75, 3.05) is 6.61 Å². The zero-order chi connectivity index (χ0) is 18.2. The molecule has 0 aliphatic rings. The molecule has 24 heavy (non-hydrogen) atoms. The van der Waals surface area contributed by atoms with E-state index in [-0.39, 0.29) is 6.61 Å². The number of aliphatic hydroxyl groups excluding tert-OH is 4. The third-order valence-corrected chi connectivity index (χ3v) is 4.09. The highest BCUT2D eigenvalue weighted by Crippen LogP contribution is 2.14. The first-order chi connectivity index (χ1) is 11.5. The fourth-order valence-electron chi connectivity index (χ4n) is 2.57. The molecule has 0 rings (SSSR count). The predicted octanol–water partition coefficient (Wildman–Crippen LogP) is 1.99. The van der Waals surface area contributed by atoms with Gasteiger partial charge in [-0.05, 0) is 18.9 Å². The highest BCUT2D eigenvalue weighted by Gasteiger charge is 2.22. The van der Waals surface area contributed by atoms with E-state index in [1.54, 1.807) is 0 Å². The molecular weight excluding hydrogens is 312 g/mol. The Morgan fingerprint density at radius 3 is 1.71 bits per heavy atom. The lowest BCUT2D eigenvalue weighted by molar-refractivity contribution is -0.131. The van der Waals surface area contributed by atoms with Gasteiger partial charge in [0.1, 0.15) is 12.2 Å². The van der Waals surface area contributed by atoms with Gasteiger partial charge in [0.15, 0.2) is 0 Å². The van der Waals surface area contributed by atoms with Crippen LogP contribution < -0.4 is 0 Å². The first-order valence-corrected chi connectivity index (χ1v) is 9.05. The molecule has 0 aliphatic heterocycles. The van der Waals surface area contributed by atoms with Gasteiger partial charge < -0.3 is 25.5 Å². The number of rotatable bonds is 16. The molecule has 0 heterocycles. The van der Waals surface area contributed by atoms with Crippen LogP contribution in [-0.4, -0.2) is 56.4 Å². The zero-order valence-electron chi connectivity index (χ0n) is 14.5. The molecule has 6 heteroatoms. The van der Waals surface area contributed by atoms with Gasteiger partial charge in [-0.15, -0.1) is 0 Å². The van der Waals surface area contributed by atoms with Gasteiger partial charge in [-0.2, -0.15) is 0 Å². The molecule has 0 aromatic carbocycles. The van der Waals surface area contributed by atoms with Crippen molar-refractivity contribution in [3.63, 3.8) is 0 Å². The van der Waals surface area contributed by atoms with Gasteiger partial charge in [-0.3, -0.25) is 0 Å². The maximum atomic E-state index is 10.3. The van der Waals surface area contributed by atoms with Crippen molar-refractivity contribution < 1.29 is 30.3 Å². The number of carboxylic acids is 1. The maximum absolute atomic E-state index is 10.3. The summed E-state index contributed by atoms with van der Waals surface area (Å²) >= 11 is 0. The van der Waals surface area contributed by atoms with Crippen molar-refractivity contribution in [2.24, 2.45) is 0 Å². The second kappa shape index (κ2) is 15.6. The Bertz CT molecular complexity index is 331. The number of carboxylic acid groups (broad SMARTS) is 1. The average Bonchev–Trinajstić information content (AvgIpc) is 2.56. The fourth-order valence-corrected chi connectivity index (χ4v) is 2.57. The molecule has 0 aromatic rings. The van der Waals surface area contributed by atoms with Crippen LogP contribution in [0.5, 0.6) is 0 Å². The van der Waals surface area contributed by atoms with Gasteiger partial charge in [0, 0.05) is 12.7 Å². The van der Waals surface area contributed by atoms with E-state index in [1.807, 2.05) is 0 Å². The van der Waals surface area contributed by atoms with Crippen LogP contribution in [0.15, 0.2) is 12.2 Å². The van der Waals surface area contributed by atoms with Crippen LogP contribution in [0, 0.1) is 0 Å². The molecule has 0 bridgehead atoms. The van der Waals surface area contributed by atoms with E-state index in [4.69, 9.17) is 10.2 Å². The van der Waals surface area contributed by atoms with Crippen molar-refractivity contribution >= 4 is 5.97 Å². The minimum absolute atomic E-state index is 0.285. The summed E-state index contributed by atoms with van der Waals surface area (Å²) in [4.78, 5) is 10.3. The minimum atomic E-state index is -1.37. The van der Waals surface area contributed by atoms with E-state index in [9.17, 15) is 20.1 Å². The van der Waals surface area contributed by atoms with Crippen LogP contribution >= 0.6 is 0 Å². The van der Waals surface area contributed by atoms with Crippen LogP contribution in [0.2, 0.25) is 0 Å². The minimum Gasteiger partial charge on any atom is -0.478 e. The van der Waals surface area contributed by atoms with Gasteiger partial charge >= 0.3 is 5.97 Å². The highest BCUT2D eigenvalue weighted by molar-refractivity contribution is 5.79. The van der Waals surface area contributed by atoms with Crippen LogP contribution in [0.3, 0.4) is 0 Å². The van der Waals surface area contributed by atoms with E-state index < -0.39 is 24.3 Å². The number of hydrogen-bond donors (Lipinski definition) is 5. The highest BCUT2D eigenvalue weighted by atomic mass is 16.4. The molecule has 3 unspecified atom stereocenters. The largest absolute Gasteiger partial charge is 0.478 e. The molecular formula is C18H34O6. The lowest BCUT2D eigenvalue weighted by Crippen LogP contribution is -2.36. The van der Waals surface area contributed by atoms with E-state index in [0.717, 1.165) is 50.7 Å². The lowest BCUT2D eigenvalue weighted by atomic mass is 10.0. The summed E-state index contributed by atoms with van der Waals surface area (Å²) in [5, 5.41) is 46.1. The summed E-state index contributed by atoms with van der Waals surface area (Å²) in [6, 6.07) is 0. The molecule has 0 aromatic heterocycles. The Kier molecular flexibility index (Phi) is 15.0. The number of aliphatic carboxylic acids is 1. The van der Waals surface area contributed by atoms with Gasteiger partial charge in [-0.1, -0.05) is 57.8 Å². The molecule has 0 aliphatic carbocycles. The molecule has 0 radical (unpaired) electrons. The second-order valence-corrected chi connectivity index (χ2v) is 6.29. The maximum Gasteiger partial charge on any atom is 0.328 e. The van der Waals surface area contributed by atoms with Crippen molar-refractivity contribution in [3.05, 3.63) is 12.2 Å². The molecule has 142 valence electrons. The molecule has 0 spiro atoms. The topological polar surface area (TPSA) is 118 Å². The Balaban J connectivity index is 3.54. The fraction of sp³-hybridized carbons (Fsp3) is 0.833. The van der Waals surface area contributed by atoms with Crippen molar-refractivity contribution in [2.45, 2.75) is 88.9 Å². The smallest absolute Gasteiger partial charge is 0.328 e. The summed E-state index contributed by atoms with van der Waals surface area (Å²) in [5.74, 6) is -1.20. The number of unbranched alkanes of at least 4 members (excludes halogenated alkanes) is 9. The monoisotopic (exact) mass is 346 g/mol. The van der Waals surface area contributed by atoms with Gasteiger partial charge in [0.05, 0.1) is 6.10 Å². The Morgan fingerprint density at radius 2 is 1.25 bits per heavy atom. The van der Waals surface area contributed by atoms with Crippen LogP contribution in [0.4, 0.5) is 0 Å². The Morgan fingerprint density at radius 1 is 0.792 bits per heavy atom. The molecule has 0 saturated heterocycles. The molecule has 0 saturated carbocycles. The van der Waals surface area contributed by atoms with E-state index in [1.165, 1.54) is 25.7 Å². The van der Waals surface area contributed by atoms with E-state index in [0.29, 0.717) is 6.42 Å². The molecule has 0 fully saturated rings. The first-order valence-electron chi connectivity index (χ1n) is 9.05. The van der Waals surface area contributed by atoms with E-state index >= 15 is 0 Å².